The Morgan fingerprint density at radius 1 is 1.16 bits per heavy atom. The molecule has 4 nitrogen and oxygen atoms in total. The minimum atomic E-state index is -0.520. The highest BCUT2D eigenvalue weighted by molar-refractivity contribution is 6.43. The molecule has 1 aliphatic heterocycles. The minimum Gasteiger partial charge on any atom is -0.425 e. The summed E-state index contributed by atoms with van der Waals surface area (Å²) in [6.45, 7) is 2.28. The summed E-state index contributed by atoms with van der Waals surface area (Å²) in [4.78, 5) is 26.5. The summed E-state index contributed by atoms with van der Waals surface area (Å²) in [5.74, 6) is -0.842. The molecule has 1 aliphatic rings. The van der Waals surface area contributed by atoms with Gasteiger partial charge in [0.15, 0.2) is 5.75 Å². The van der Waals surface area contributed by atoms with E-state index < -0.39 is 11.9 Å². The molecule has 0 unspecified atom stereocenters. The van der Waals surface area contributed by atoms with Crippen LogP contribution in [-0.4, -0.2) is 23.3 Å². The summed E-state index contributed by atoms with van der Waals surface area (Å²) in [7, 11) is 0. The molecule has 0 saturated carbocycles. The summed E-state index contributed by atoms with van der Waals surface area (Å²) in [6.07, 6.45) is 0.133. The number of likely N-dealkylation sites (tertiary alicyclic amines) is 1. The second-order valence-corrected chi connectivity index (χ2v) is 6.79. The van der Waals surface area contributed by atoms with Crippen molar-refractivity contribution >= 4 is 35.1 Å². The van der Waals surface area contributed by atoms with Gasteiger partial charge in [0.05, 0.1) is 17.0 Å². The molecule has 1 saturated heterocycles. The lowest BCUT2D eigenvalue weighted by atomic mass is 10.1. The van der Waals surface area contributed by atoms with Crippen LogP contribution < -0.4 is 4.74 Å². The summed E-state index contributed by atoms with van der Waals surface area (Å²) in [6, 6.07) is 14.5. The number of amides is 1. The third-order valence-electron chi connectivity index (χ3n) is 4.37. The summed E-state index contributed by atoms with van der Waals surface area (Å²) in [5, 5.41) is 0.505. The van der Waals surface area contributed by atoms with Crippen molar-refractivity contribution in [2.24, 2.45) is 5.92 Å². The van der Waals surface area contributed by atoms with E-state index in [4.69, 9.17) is 27.9 Å². The van der Waals surface area contributed by atoms with Crippen LogP contribution in [0.1, 0.15) is 24.9 Å². The van der Waals surface area contributed by atoms with Crippen LogP contribution in [0.2, 0.25) is 10.0 Å². The molecule has 0 spiro atoms. The van der Waals surface area contributed by atoms with Gasteiger partial charge in [-0.15, -0.1) is 0 Å². The lowest BCUT2D eigenvalue weighted by Gasteiger charge is -2.25. The second-order valence-electron chi connectivity index (χ2n) is 6.01. The van der Waals surface area contributed by atoms with Gasteiger partial charge < -0.3 is 9.64 Å². The number of hydrogen-bond donors (Lipinski definition) is 0. The van der Waals surface area contributed by atoms with Crippen LogP contribution >= 0.6 is 23.2 Å². The highest BCUT2D eigenvalue weighted by Crippen LogP contribution is 2.33. The number of benzene rings is 2. The lowest BCUT2D eigenvalue weighted by molar-refractivity contribution is -0.139. The smallest absolute Gasteiger partial charge is 0.316 e. The maximum atomic E-state index is 12.4. The predicted octanol–water partition coefficient (Wildman–Crippen LogP) is 4.51. The van der Waals surface area contributed by atoms with Gasteiger partial charge in [0.2, 0.25) is 5.91 Å². The Morgan fingerprint density at radius 3 is 2.60 bits per heavy atom. The molecule has 1 fully saturated rings. The van der Waals surface area contributed by atoms with Crippen molar-refractivity contribution in [1.29, 1.82) is 0 Å². The van der Waals surface area contributed by atoms with Gasteiger partial charge in [-0.05, 0) is 24.6 Å². The highest BCUT2D eigenvalue weighted by Gasteiger charge is 2.38. The molecule has 2 atom stereocenters. The molecule has 0 N–H and O–H groups in total. The Labute approximate surface area is 156 Å². The molecule has 2 aromatic carbocycles. The van der Waals surface area contributed by atoms with Crippen molar-refractivity contribution in [3.05, 3.63) is 64.1 Å². The third kappa shape index (κ3) is 3.80. The van der Waals surface area contributed by atoms with Crippen LogP contribution in [0.25, 0.3) is 0 Å². The van der Waals surface area contributed by atoms with E-state index in [1.54, 1.807) is 23.1 Å². The number of nitrogens with zero attached hydrogens (tertiary/aromatic N) is 1. The van der Waals surface area contributed by atoms with Crippen LogP contribution in [0.3, 0.4) is 0 Å². The van der Waals surface area contributed by atoms with E-state index in [1.165, 1.54) is 0 Å². The highest BCUT2D eigenvalue weighted by atomic mass is 35.5. The fourth-order valence-electron chi connectivity index (χ4n) is 2.93. The van der Waals surface area contributed by atoms with Gasteiger partial charge in [0, 0.05) is 13.0 Å². The Hall–Kier alpha value is -2.04. The van der Waals surface area contributed by atoms with Crippen LogP contribution in [0.5, 0.6) is 5.75 Å². The standard InChI is InChI=1S/C19H17Cl2NO3/c1-12(13-6-3-2-4-7-13)22-11-14(10-17(22)23)19(24)25-16-9-5-8-15(20)18(16)21/h2-9,12,14H,10-11H2,1H3/t12-,14+/m1/s1. The first-order valence-corrected chi connectivity index (χ1v) is 8.73. The fraction of sp³-hybridized carbons (Fsp3) is 0.263. The summed E-state index contributed by atoms with van der Waals surface area (Å²) in [5.41, 5.74) is 1.03. The Bertz CT molecular complexity index is 795. The van der Waals surface area contributed by atoms with Crippen molar-refractivity contribution < 1.29 is 14.3 Å². The van der Waals surface area contributed by atoms with Gasteiger partial charge in [-0.3, -0.25) is 9.59 Å². The summed E-state index contributed by atoms with van der Waals surface area (Å²) >= 11 is 12.0. The molecular weight excluding hydrogens is 361 g/mol. The number of rotatable bonds is 4. The Balaban J connectivity index is 1.69. The average molecular weight is 378 g/mol. The second kappa shape index (κ2) is 7.46. The molecule has 6 heteroatoms. The molecule has 25 heavy (non-hydrogen) atoms. The van der Waals surface area contributed by atoms with Gasteiger partial charge in [-0.2, -0.15) is 0 Å². The first kappa shape index (κ1) is 17.8. The first-order valence-electron chi connectivity index (χ1n) is 7.97. The van der Waals surface area contributed by atoms with Crippen LogP contribution in [0.15, 0.2) is 48.5 Å². The topological polar surface area (TPSA) is 46.6 Å². The van der Waals surface area contributed by atoms with E-state index in [9.17, 15) is 9.59 Å². The number of esters is 1. The van der Waals surface area contributed by atoms with E-state index in [2.05, 4.69) is 0 Å². The van der Waals surface area contributed by atoms with Crippen LogP contribution in [0, 0.1) is 5.92 Å². The fourth-order valence-corrected chi connectivity index (χ4v) is 3.26. The van der Waals surface area contributed by atoms with Gasteiger partial charge in [0.25, 0.3) is 0 Å². The molecule has 0 aromatic heterocycles. The molecule has 0 aliphatic carbocycles. The molecule has 130 valence electrons. The molecule has 0 bridgehead atoms. The minimum absolute atomic E-state index is 0.0597. The molecule has 1 heterocycles. The molecule has 2 aromatic rings. The first-order chi connectivity index (χ1) is 12.0. The third-order valence-corrected chi connectivity index (χ3v) is 5.17. The number of ether oxygens (including phenoxy) is 1. The zero-order valence-electron chi connectivity index (χ0n) is 13.6. The number of carbonyl (C=O) groups is 2. The number of carbonyl (C=O) groups excluding carboxylic acids is 2. The van der Waals surface area contributed by atoms with Crippen molar-refractivity contribution in [3.8, 4) is 5.75 Å². The van der Waals surface area contributed by atoms with Gasteiger partial charge in [0.1, 0.15) is 5.02 Å². The largest absolute Gasteiger partial charge is 0.425 e. The Kier molecular flexibility index (Phi) is 5.30. The number of hydrogen-bond acceptors (Lipinski definition) is 3. The Morgan fingerprint density at radius 2 is 1.88 bits per heavy atom. The van der Waals surface area contributed by atoms with E-state index in [-0.39, 0.29) is 29.1 Å². The van der Waals surface area contributed by atoms with Gasteiger partial charge >= 0.3 is 5.97 Å². The van der Waals surface area contributed by atoms with E-state index >= 15 is 0 Å². The van der Waals surface area contributed by atoms with Crippen LogP contribution in [0.4, 0.5) is 0 Å². The average Bonchev–Trinajstić information content (AvgIpc) is 3.01. The lowest BCUT2D eigenvalue weighted by Crippen LogP contribution is -2.30. The van der Waals surface area contributed by atoms with Gasteiger partial charge in [-0.1, -0.05) is 59.6 Å². The molecule has 3 rings (SSSR count). The zero-order valence-corrected chi connectivity index (χ0v) is 15.1. The van der Waals surface area contributed by atoms with E-state index in [0.29, 0.717) is 11.6 Å². The quantitative estimate of drug-likeness (QED) is 0.581. The van der Waals surface area contributed by atoms with Gasteiger partial charge in [-0.25, -0.2) is 0 Å². The maximum absolute atomic E-state index is 12.4. The number of halogens is 2. The van der Waals surface area contributed by atoms with Crippen molar-refractivity contribution in [2.75, 3.05) is 6.54 Å². The van der Waals surface area contributed by atoms with Crippen molar-refractivity contribution in [1.82, 2.24) is 4.90 Å². The van der Waals surface area contributed by atoms with Crippen molar-refractivity contribution in [2.45, 2.75) is 19.4 Å². The molecule has 0 radical (unpaired) electrons. The predicted molar refractivity (Wildman–Crippen MR) is 96.8 cm³/mol. The zero-order chi connectivity index (χ0) is 18.0. The van der Waals surface area contributed by atoms with E-state index in [0.717, 1.165) is 5.56 Å². The van der Waals surface area contributed by atoms with Crippen molar-refractivity contribution in [3.63, 3.8) is 0 Å². The van der Waals surface area contributed by atoms with Crippen LogP contribution in [-0.2, 0) is 9.59 Å². The SMILES string of the molecule is C[C@H](c1ccccc1)N1C[C@@H](C(=O)Oc2cccc(Cl)c2Cl)CC1=O. The summed E-state index contributed by atoms with van der Waals surface area (Å²) < 4.78 is 5.36. The molecular formula is C19H17Cl2NO3. The van der Waals surface area contributed by atoms with E-state index in [1.807, 2.05) is 37.3 Å². The maximum Gasteiger partial charge on any atom is 0.316 e. The monoisotopic (exact) mass is 377 g/mol. The normalized spacial score (nSPS) is 18.3. The molecule has 1 amide bonds.